The van der Waals surface area contributed by atoms with Gasteiger partial charge in [0.05, 0.1) is 13.2 Å². The minimum atomic E-state index is -0.299. The SMILES string of the molecule is CCOC(=O)N1CCN(CC(=O)Nc2ccc(C(C)=O)cc2)CC1. The Morgan fingerprint density at radius 1 is 1.08 bits per heavy atom. The molecule has 0 aliphatic carbocycles. The Hall–Kier alpha value is -2.41. The highest BCUT2D eigenvalue weighted by molar-refractivity contribution is 5.96. The summed E-state index contributed by atoms with van der Waals surface area (Å²) in [4.78, 5) is 38.6. The van der Waals surface area contributed by atoms with E-state index in [1.807, 2.05) is 4.90 Å². The summed E-state index contributed by atoms with van der Waals surface area (Å²) >= 11 is 0. The first-order valence-electron chi connectivity index (χ1n) is 8.04. The standard InChI is InChI=1S/C17H23N3O4/c1-3-24-17(23)20-10-8-19(9-11-20)12-16(22)18-15-6-4-14(5-7-15)13(2)21/h4-7H,3,8-12H2,1-2H3,(H,18,22). The van der Waals surface area contributed by atoms with Crippen LogP contribution in [-0.4, -0.2) is 66.9 Å². The Kier molecular flexibility index (Phi) is 6.31. The molecule has 0 unspecified atom stereocenters. The summed E-state index contributed by atoms with van der Waals surface area (Å²) in [5.74, 6) is -0.123. The smallest absolute Gasteiger partial charge is 0.409 e. The highest BCUT2D eigenvalue weighted by Crippen LogP contribution is 2.10. The first-order chi connectivity index (χ1) is 11.5. The van der Waals surface area contributed by atoms with Crippen LogP contribution in [0.5, 0.6) is 0 Å². The number of carbonyl (C=O) groups is 3. The van der Waals surface area contributed by atoms with Crippen LogP contribution in [0.4, 0.5) is 10.5 Å². The van der Waals surface area contributed by atoms with Crippen LogP contribution in [-0.2, 0) is 9.53 Å². The summed E-state index contributed by atoms with van der Waals surface area (Å²) < 4.78 is 4.97. The number of hydrogen-bond acceptors (Lipinski definition) is 5. The number of Topliss-reactive ketones (excluding diaryl/α,β-unsaturated/α-hetero) is 1. The molecule has 1 N–H and O–H groups in total. The van der Waals surface area contributed by atoms with Gasteiger partial charge in [0.15, 0.2) is 5.78 Å². The van der Waals surface area contributed by atoms with E-state index in [9.17, 15) is 14.4 Å². The van der Waals surface area contributed by atoms with E-state index in [4.69, 9.17) is 4.74 Å². The Bertz CT molecular complexity index is 592. The van der Waals surface area contributed by atoms with Gasteiger partial charge >= 0.3 is 6.09 Å². The molecular formula is C17H23N3O4. The molecule has 0 aromatic heterocycles. The third-order valence-corrected chi connectivity index (χ3v) is 3.84. The second kappa shape index (κ2) is 8.44. The summed E-state index contributed by atoms with van der Waals surface area (Å²) in [6.07, 6.45) is -0.299. The van der Waals surface area contributed by atoms with E-state index in [1.54, 1.807) is 36.1 Å². The Labute approximate surface area is 141 Å². The van der Waals surface area contributed by atoms with Gasteiger partial charge in [0.25, 0.3) is 0 Å². The molecule has 2 rings (SSSR count). The van der Waals surface area contributed by atoms with E-state index in [1.165, 1.54) is 6.92 Å². The van der Waals surface area contributed by atoms with Crippen LogP contribution in [0.3, 0.4) is 0 Å². The lowest BCUT2D eigenvalue weighted by Gasteiger charge is -2.33. The summed E-state index contributed by atoms with van der Waals surface area (Å²) in [6, 6.07) is 6.81. The lowest BCUT2D eigenvalue weighted by molar-refractivity contribution is -0.117. The van der Waals surface area contributed by atoms with Crippen LogP contribution in [0.1, 0.15) is 24.2 Å². The number of anilines is 1. The number of piperazine rings is 1. The monoisotopic (exact) mass is 333 g/mol. The topological polar surface area (TPSA) is 79.0 Å². The maximum Gasteiger partial charge on any atom is 0.409 e. The average Bonchev–Trinajstić information content (AvgIpc) is 2.56. The van der Waals surface area contributed by atoms with Crippen molar-refractivity contribution in [1.29, 1.82) is 0 Å². The third-order valence-electron chi connectivity index (χ3n) is 3.84. The number of nitrogens with zero attached hydrogens (tertiary/aromatic N) is 2. The molecule has 1 heterocycles. The first-order valence-corrected chi connectivity index (χ1v) is 8.04. The third kappa shape index (κ3) is 5.06. The lowest BCUT2D eigenvalue weighted by atomic mass is 10.1. The molecule has 0 spiro atoms. The van der Waals surface area contributed by atoms with E-state index < -0.39 is 0 Å². The number of carbonyl (C=O) groups excluding carboxylic acids is 3. The van der Waals surface area contributed by atoms with Crippen LogP contribution >= 0.6 is 0 Å². The quantitative estimate of drug-likeness (QED) is 0.828. The molecule has 0 radical (unpaired) electrons. The van der Waals surface area contributed by atoms with Crippen LogP contribution in [0, 0.1) is 0 Å². The molecule has 0 saturated carbocycles. The Morgan fingerprint density at radius 2 is 1.71 bits per heavy atom. The number of ketones is 1. The van der Waals surface area contributed by atoms with Crippen molar-refractivity contribution in [2.75, 3.05) is 44.6 Å². The molecule has 1 aliphatic rings. The summed E-state index contributed by atoms with van der Waals surface area (Å²) in [7, 11) is 0. The van der Waals surface area contributed by atoms with Gasteiger partial charge in [-0.25, -0.2) is 4.79 Å². The minimum Gasteiger partial charge on any atom is -0.450 e. The maximum absolute atomic E-state index is 12.1. The van der Waals surface area contributed by atoms with E-state index in [-0.39, 0.29) is 24.3 Å². The van der Waals surface area contributed by atoms with Gasteiger partial charge in [0.2, 0.25) is 5.91 Å². The van der Waals surface area contributed by atoms with Crippen LogP contribution in [0.25, 0.3) is 0 Å². The van der Waals surface area contributed by atoms with Gasteiger partial charge in [-0.2, -0.15) is 0 Å². The molecule has 2 amide bonds. The molecule has 130 valence electrons. The van der Waals surface area contributed by atoms with Gasteiger partial charge in [0.1, 0.15) is 0 Å². The Balaban J connectivity index is 1.77. The van der Waals surface area contributed by atoms with Crippen molar-refractivity contribution < 1.29 is 19.1 Å². The zero-order valence-electron chi connectivity index (χ0n) is 14.1. The molecule has 1 fully saturated rings. The highest BCUT2D eigenvalue weighted by atomic mass is 16.6. The largest absolute Gasteiger partial charge is 0.450 e. The number of amides is 2. The highest BCUT2D eigenvalue weighted by Gasteiger charge is 2.23. The molecule has 7 heteroatoms. The van der Waals surface area contributed by atoms with E-state index in [2.05, 4.69) is 5.32 Å². The molecular weight excluding hydrogens is 310 g/mol. The average molecular weight is 333 g/mol. The van der Waals surface area contributed by atoms with E-state index in [0.717, 1.165) is 0 Å². The van der Waals surface area contributed by atoms with Crippen molar-refractivity contribution in [3.05, 3.63) is 29.8 Å². The molecule has 7 nitrogen and oxygen atoms in total. The second-order valence-electron chi connectivity index (χ2n) is 5.64. The van der Waals surface area contributed by atoms with E-state index >= 15 is 0 Å². The first kappa shape index (κ1) is 17.9. The molecule has 1 saturated heterocycles. The molecule has 1 aromatic rings. The summed E-state index contributed by atoms with van der Waals surface area (Å²) in [5.41, 5.74) is 1.28. The molecule has 24 heavy (non-hydrogen) atoms. The van der Waals surface area contributed by atoms with Crippen molar-refractivity contribution in [3.8, 4) is 0 Å². The van der Waals surface area contributed by atoms with Crippen molar-refractivity contribution in [1.82, 2.24) is 9.80 Å². The molecule has 0 bridgehead atoms. The number of hydrogen-bond donors (Lipinski definition) is 1. The second-order valence-corrected chi connectivity index (χ2v) is 5.64. The van der Waals surface area contributed by atoms with Gasteiger partial charge < -0.3 is 15.0 Å². The number of ether oxygens (including phenoxy) is 1. The molecule has 1 aliphatic heterocycles. The molecule has 0 atom stereocenters. The van der Waals surface area contributed by atoms with Crippen molar-refractivity contribution in [2.45, 2.75) is 13.8 Å². The minimum absolute atomic E-state index is 0.00709. The van der Waals surface area contributed by atoms with E-state index in [0.29, 0.717) is 44.0 Å². The number of nitrogens with one attached hydrogen (secondary N) is 1. The maximum atomic E-state index is 12.1. The zero-order chi connectivity index (χ0) is 17.5. The fourth-order valence-electron chi connectivity index (χ4n) is 2.50. The van der Waals surface area contributed by atoms with Gasteiger partial charge in [-0.15, -0.1) is 0 Å². The van der Waals surface area contributed by atoms with Crippen LogP contribution in [0.2, 0.25) is 0 Å². The van der Waals surface area contributed by atoms with Crippen molar-refractivity contribution in [3.63, 3.8) is 0 Å². The summed E-state index contributed by atoms with van der Waals surface area (Å²) in [6.45, 7) is 6.30. The van der Waals surface area contributed by atoms with Crippen molar-refractivity contribution >= 4 is 23.5 Å². The van der Waals surface area contributed by atoms with Gasteiger partial charge in [0, 0.05) is 37.4 Å². The van der Waals surface area contributed by atoms with Gasteiger partial charge in [-0.3, -0.25) is 14.5 Å². The fraction of sp³-hybridized carbons (Fsp3) is 0.471. The zero-order valence-corrected chi connectivity index (χ0v) is 14.1. The predicted octanol–water partition coefficient (Wildman–Crippen LogP) is 1.60. The van der Waals surface area contributed by atoms with Crippen LogP contribution < -0.4 is 5.32 Å². The Morgan fingerprint density at radius 3 is 2.25 bits per heavy atom. The van der Waals surface area contributed by atoms with Crippen LogP contribution in [0.15, 0.2) is 24.3 Å². The van der Waals surface area contributed by atoms with Gasteiger partial charge in [-0.05, 0) is 38.1 Å². The van der Waals surface area contributed by atoms with Gasteiger partial charge in [-0.1, -0.05) is 0 Å². The lowest BCUT2D eigenvalue weighted by Crippen LogP contribution is -2.50. The number of benzene rings is 1. The van der Waals surface area contributed by atoms with Crippen molar-refractivity contribution in [2.24, 2.45) is 0 Å². The normalized spacial score (nSPS) is 15.0. The fourth-order valence-corrected chi connectivity index (χ4v) is 2.50. The number of rotatable bonds is 5. The molecule has 1 aromatic carbocycles. The summed E-state index contributed by atoms with van der Waals surface area (Å²) in [5, 5.41) is 2.81. The predicted molar refractivity (Wildman–Crippen MR) is 90.1 cm³/mol.